The number of hydrogen-bond acceptors (Lipinski definition) is 5. The Morgan fingerprint density at radius 1 is 1.12 bits per heavy atom. The zero-order chi connectivity index (χ0) is 19.3. The number of carbonyl (C=O) groups excluding carboxylic acids is 2. The third-order valence-corrected chi connectivity index (χ3v) is 3.91. The van der Waals surface area contributed by atoms with Crippen molar-refractivity contribution in [1.82, 2.24) is 10.9 Å². The van der Waals surface area contributed by atoms with Crippen molar-refractivity contribution < 1.29 is 19.2 Å². The molecule has 0 aliphatic rings. The standard InChI is InChI=1S/C17H16ClN3O5/c1-10-3-4-12(8-15(10)21(24)25)17(23)20-19-16(22)9-26-13-5-6-14(18)11(2)7-13/h3-8H,9H2,1-2H3,(H,19,22)(H,20,23). The maximum absolute atomic E-state index is 12.0. The summed E-state index contributed by atoms with van der Waals surface area (Å²) in [5, 5.41) is 11.5. The monoisotopic (exact) mass is 377 g/mol. The van der Waals surface area contributed by atoms with Gasteiger partial charge in [0.15, 0.2) is 6.61 Å². The molecule has 0 atom stereocenters. The molecule has 9 heteroatoms. The van der Waals surface area contributed by atoms with Crippen LogP contribution in [-0.4, -0.2) is 23.3 Å². The molecule has 0 fully saturated rings. The van der Waals surface area contributed by atoms with Crippen LogP contribution in [0.2, 0.25) is 5.02 Å². The first-order valence-corrected chi connectivity index (χ1v) is 7.89. The molecule has 8 nitrogen and oxygen atoms in total. The van der Waals surface area contributed by atoms with E-state index in [-0.39, 0.29) is 17.9 Å². The zero-order valence-corrected chi connectivity index (χ0v) is 14.8. The normalized spacial score (nSPS) is 10.1. The fourth-order valence-corrected chi connectivity index (χ4v) is 2.16. The van der Waals surface area contributed by atoms with E-state index in [1.165, 1.54) is 12.1 Å². The number of benzene rings is 2. The molecule has 2 N–H and O–H groups in total. The topological polar surface area (TPSA) is 111 Å². The Morgan fingerprint density at radius 2 is 1.85 bits per heavy atom. The van der Waals surface area contributed by atoms with Crippen molar-refractivity contribution in [3.05, 3.63) is 68.2 Å². The van der Waals surface area contributed by atoms with Gasteiger partial charge in [-0.15, -0.1) is 0 Å². The van der Waals surface area contributed by atoms with E-state index in [1.807, 2.05) is 0 Å². The Hall–Kier alpha value is -3.13. The van der Waals surface area contributed by atoms with Gasteiger partial charge in [-0.25, -0.2) is 0 Å². The Kier molecular flexibility index (Phi) is 6.13. The van der Waals surface area contributed by atoms with Crippen molar-refractivity contribution in [2.24, 2.45) is 0 Å². The van der Waals surface area contributed by atoms with Crippen LogP contribution in [0.25, 0.3) is 0 Å². The Morgan fingerprint density at radius 3 is 2.50 bits per heavy atom. The van der Waals surface area contributed by atoms with Crippen LogP contribution in [0.3, 0.4) is 0 Å². The quantitative estimate of drug-likeness (QED) is 0.614. The number of hydrogen-bond donors (Lipinski definition) is 2. The summed E-state index contributed by atoms with van der Waals surface area (Å²) in [5.41, 5.74) is 5.47. The van der Waals surface area contributed by atoms with Gasteiger partial charge in [0, 0.05) is 22.2 Å². The number of carbonyl (C=O) groups is 2. The third kappa shape index (κ3) is 4.93. The number of rotatable bonds is 5. The number of nitrogens with zero attached hydrogens (tertiary/aromatic N) is 1. The lowest BCUT2D eigenvalue weighted by Crippen LogP contribution is -2.43. The molecule has 136 valence electrons. The lowest BCUT2D eigenvalue weighted by atomic mass is 10.1. The summed E-state index contributed by atoms with van der Waals surface area (Å²) in [5.74, 6) is -0.807. The predicted octanol–water partition coefficient (Wildman–Crippen LogP) is 2.71. The highest BCUT2D eigenvalue weighted by Gasteiger charge is 2.15. The van der Waals surface area contributed by atoms with Crippen LogP contribution in [0, 0.1) is 24.0 Å². The van der Waals surface area contributed by atoms with E-state index in [0.717, 1.165) is 11.6 Å². The molecular weight excluding hydrogens is 362 g/mol. The summed E-state index contributed by atoms with van der Waals surface area (Å²) in [6.45, 7) is 3.04. The predicted molar refractivity (Wildman–Crippen MR) is 95.1 cm³/mol. The first-order chi connectivity index (χ1) is 12.3. The zero-order valence-electron chi connectivity index (χ0n) is 14.0. The summed E-state index contributed by atoms with van der Waals surface area (Å²) in [4.78, 5) is 34.1. The van der Waals surface area contributed by atoms with Gasteiger partial charge in [0.2, 0.25) is 0 Å². The van der Waals surface area contributed by atoms with Crippen LogP contribution < -0.4 is 15.6 Å². The number of hydrazine groups is 1. The summed E-state index contributed by atoms with van der Waals surface area (Å²) < 4.78 is 5.30. The Labute approximate surface area is 154 Å². The maximum atomic E-state index is 12.0. The molecule has 0 unspecified atom stereocenters. The molecule has 2 amide bonds. The number of nitrogens with one attached hydrogen (secondary N) is 2. The van der Waals surface area contributed by atoms with Gasteiger partial charge in [0.1, 0.15) is 5.75 Å². The van der Waals surface area contributed by atoms with E-state index in [0.29, 0.717) is 16.3 Å². The number of nitro groups is 1. The summed E-state index contributed by atoms with van der Waals surface area (Å²) in [7, 11) is 0. The van der Waals surface area contributed by atoms with Gasteiger partial charge in [-0.1, -0.05) is 17.7 Å². The highest BCUT2D eigenvalue weighted by atomic mass is 35.5. The molecule has 0 heterocycles. The number of halogens is 1. The van der Waals surface area contributed by atoms with Gasteiger partial charge < -0.3 is 4.74 Å². The molecule has 0 radical (unpaired) electrons. The number of nitro benzene ring substituents is 1. The van der Waals surface area contributed by atoms with Crippen LogP contribution in [0.15, 0.2) is 36.4 Å². The van der Waals surface area contributed by atoms with E-state index in [4.69, 9.17) is 16.3 Å². The van der Waals surface area contributed by atoms with Crippen molar-refractivity contribution in [3.8, 4) is 5.75 Å². The smallest absolute Gasteiger partial charge is 0.276 e. The number of ether oxygens (including phenoxy) is 1. The Bertz CT molecular complexity index is 869. The molecule has 0 aromatic heterocycles. The van der Waals surface area contributed by atoms with Gasteiger partial charge in [-0.2, -0.15) is 0 Å². The summed E-state index contributed by atoms with van der Waals surface area (Å²) >= 11 is 5.90. The minimum atomic E-state index is -0.677. The molecule has 0 saturated carbocycles. The van der Waals surface area contributed by atoms with Crippen molar-refractivity contribution in [2.75, 3.05) is 6.61 Å². The molecule has 0 saturated heterocycles. The average Bonchev–Trinajstić information content (AvgIpc) is 2.60. The van der Waals surface area contributed by atoms with E-state index < -0.39 is 16.7 Å². The van der Waals surface area contributed by atoms with Crippen LogP contribution in [0.5, 0.6) is 5.75 Å². The van der Waals surface area contributed by atoms with Crippen LogP contribution in [0.1, 0.15) is 21.5 Å². The van der Waals surface area contributed by atoms with E-state index >= 15 is 0 Å². The van der Waals surface area contributed by atoms with Gasteiger partial charge in [-0.05, 0) is 43.7 Å². The molecule has 0 bridgehead atoms. The number of aryl methyl sites for hydroxylation is 2. The number of amides is 2. The van der Waals surface area contributed by atoms with Crippen LogP contribution in [0.4, 0.5) is 5.69 Å². The second-order valence-corrected chi connectivity index (χ2v) is 5.87. The maximum Gasteiger partial charge on any atom is 0.276 e. The van der Waals surface area contributed by atoms with E-state index in [9.17, 15) is 19.7 Å². The minimum Gasteiger partial charge on any atom is -0.484 e. The van der Waals surface area contributed by atoms with Gasteiger partial charge in [0.25, 0.3) is 17.5 Å². The second-order valence-electron chi connectivity index (χ2n) is 5.46. The summed E-state index contributed by atoms with van der Waals surface area (Å²) in [6.07, 6.45) is 0. The fraction of sp³-hybridized carbons (Fsp3) is 0.176. The highest BCUT2D eigenvalue weighted by molar-refractivity contribution is 6.31. The second kappa shape index (κ2) is 8.30. The van der Waals surface area contributed by atoms with Crippen molar-refractivity contribution in [1.29, 1.82) is 0 Å². The van der Waals surface area contributed by atoms with Crippen molar-refractivity contribution in [2.45, 2.75) is 13.8 Å². The molecular formula is C17H16ClN3O5. The van der Waals surface area contributed by atoms with Crippen LogP contribution >= 0.6 is 11.6 Å². The van der Waals surface area contributed by atoms with E-state index in [1.54, 1.807) is 32.0 Å². The van der Waals surface area contributed by atoms with Gasteiger partial charge in [0.05, 0.1) is 4.92 Å². The minimum absolute atomic E-state index is 0.0526. The molecule has 2 aromatic rings. The molecule has 2 aromatic carbocycles. The van der Waals surface area contributed by atoms with Gasteiger partial charge >= 0.3 is 0 Å². The van der Waals surface area contributed by atoms with Gasteiger partial charge in [-0.3, -0.25) is 30.6 Å². The Balaban J connectivity index is 1.88. The first-order valence-electron chi connectivity index (χ1n) is 7.51. The van der Waals surface area contributed by atoms with Crippen molar-refractivity contribution >= 4 is 29.1 Å². The molecule has 0 aliphatic heterocycles. The van der Waals surface area contributed by atoms with Crippen LogP contribution in [-0.2, 0) is 4.79 Å². The summed E-state index contributed by atoms with van der Waals surface area (Å²) in [6, 6.07) is 8.98. The first kappa shape index (κ1) is 19.2. The average molecular weight is 378 g/mol. The largest absolute Gasteiger partial charge is 0.484 e. The molecule has 0 aliphatic carbocycles. The SMILES string of the molecule is Cc1cc(OCC(=O)NNC(=O)c2ccc(C)c([N+](=O)[O-])c2)ccc1Cl. The van der Waals surface area contributed by atoms with E-state index in [2.05, 4.69) is 10.9 Å². The molecule has 2 rings (SSSR count). The lowest BCUT2D eigenvalue weighted by Gasteiger charge is -2.10. The molecule has 0 spiro atoms. The molecule has 26 heavy (non-hydrogen) atoms. The fourth-order valence-electron chi connectivity index (χ4n) is 2.04. The third-order valence-electron chi connectivity index (χ3n) is 3.48. The highest BCUT2D eigenvalue weighted by Crippen LogP contribution is 2.21. The van der Waals surface area contributed by atoms with Crippen molar-refractivity contribution in [3.63, 3.8) is 0 Å². The lowest BCUT2D eigenvalue weighted by molar-refractivity contribution is -0.385.